The third kappa shape index (κ3) is 3.68. The van der Waals surface area contributed by atoms with Crippen LogP contribution in [0.3, 0.4) is 0 Å². The summed E-state index contributed by atoms with van der Waals surface area (Å²) >= 11 is 0. The highest BCUT2D eigenvalue weighted by Crippen LogP contribution is 2.26. The van der Waals surface area contributed by atoms with Gasteiger partial charge in [0.1, 0.15) is 6.07 Å². The predicted molar refractivity (Wildman–Crippen MR) is 98.7 cm³/mol. The van der Waals surface area contributed by atoms with Gasteiger partial charge in [0, 0.05) is 32.4 Å². The molecule has 0 radical (unpaired) electrons. The molecule has 1 fully saturated rings. The number of anilines is 1. The molecule has 3 rings (SSSR count). The summed E-state index contributed by atoms with van der Waals surface area (Å²) in [5.41, 5.74) is -0.248. The standard InChI is InChI=1S/C19H17F2N3O3S/c1-28(26,27)16-5-3-2-4-14(16)19(25)24-10-8-23(9-11-24)15-7-6-13(12-22)17(20)18(15)21/h2-7H,8-11H2,1H3. The van der Waals surface area contributed by atoms with Gasteiger partial charge in [-0.15, -0.1) is 0 Å². The van der Waals surface area contributed by atoms with Crippen molar-refractivity contribution in [3.05, 3.63) is 59.2 Å². The number of nitriles is 1. The normalized spacial score (nSPS) is 14.6. The summed E-state index contributed by atoms with van der Waals surface area (Å²) in [5, 5.41) is 8.77. The minimum Gasteiger partial charge on any atom is -0.366 e. The number of carbonyl (C=O) groups excluding carboxylic acids is 1. The maximum Gasteiger partial charge on any atom is 0.255 e. The van der Waals surface area contributed by atoms with E-state index < -0.39 is 27.4 Å². The Hall–Kier alpha value is -2.99. The summed E-state index contributed by atoms with van der Waals surface area (Å²) in [6.45, 7) is 0.931. The molecule has 1 aliphatic rings. The van der Waals surface area contributed by atoms with Crippen molar-refractivity contribution < 1.29 is 22.0 Å². The van der Waals surface area contributed by atoms with Crippen LogP contribution in [0.25, 0.3) is 0 Å². The third-order valence-corrected chi connectivity index (χ3v) is 5.76. The molecule has 0 bridgehead atoms. The molecule has 28 heavy (non-hydrogen) atoms. The Morgan fingerprint density at radius 3 is 2.29 bits per heavy atom. The molecule has 0 N–H and O–H groups in total. The van der Waals surface area contributed by atoms with Crippen molar-refractivity contribution in [2.24, 2.45) is 0 Å². The highest BCUT2D eigenvalue weighted by atomic mass is 32.2. The van der Waals surface area contributed by atoms with Gasteiger partial charge in [0.25, 0.3) is 5.91 Å². The first-order valence-corrected chi connectivity index (χ1v) is 10.3. The molecule has 0 spiro atoms. The number of sulfone groups is 1. The van der Waals surface area contributed by atoms with Gasteiger partial charge in [-0.05, 0) is 24.3 Å². The molecule has 9 heteroatoms. The molecule has 0 atom stereocenters. The lowest BCUT2D eigenvalue weighted by molar-refractivity contribution is 0.0742. The Bertz CT molecular complexity index is 1070. The zero-order valence-corrected chi connectivity index (χ0v) is 15.8. The van der Waals surface area contributed by atoms with Gasteiger partial charge in [0.2, 0.25) is 0 Å². The second kappa shape index (κ2) is 7.56. The molecule has 146 valence electrons. The number of carbonyl (C=O) groups is 1. The monoisotopic (exact) mass is 405 g/mol. The van der Waals surface area contributed by atoms with Gasteiger partial charge in [-0.1, -0.05) is 12.1 Å². The molecule has 0 saturated carbocycles. The minimum absolute atomic E-state index is 0.0279. The lowest BCUT2D eigenvalue weighted by Crippen LogP contribution is -2.49. The molecule has 0 unspecified atom stereocenters. The Labute approximate surface area is 161 Å². The first-order valence-electron chi connectivity index (χ1n) is 8.45. The topological polar surface area (TPSA) is 81.5 Å². The molecule has 1 amide bonds. The quantitative estimate of drug-likeness (QED) is 0.782. The Balaban J connectivity index is 1.78. The second-order valence-electron chi connectivity index (χ2n) is 6.42. The van der Waals surface area contributed by atoms with Crippen LogP contribution in [0.1, 0.15) is 15.9 Å². The number of nitrogens with zero attached hydrogens (tertiary/aromatic N) is 3. The van der Waals surface area contributed by atoms with Crippen molar-refractivity contribution in [1.82, 2.24) is 4.90 Å². The lowest BCUT2D eigenvalue weighted by atomic mass is 10.1. The molecule has 2 aromatic rings. The van der Waals surface area contributed by atoms with Crippen molar-refractivity contribution in [1.29, 1.82) is 5.26 Å². The van der Waals surface area contributed by atoms with Crippen molar-refractivity contribution in [3.63, 3.8) is 0 Å². The van der Waals surface area contributed by atoms with Crippen LogP contribution in [-0.4, -0.2) is 51.7 Å². The zero-order chi connectivity index (χ0) is 20.5. The Morgan fingerprint density at radius 1 is 1.04 bits per heavy atom. The van der Waals surface area contributed by atoms with E-state index in [0.29, 0.717) is 0 Å². The van der Waals surface area contributed by atoms with Gasteiger partial charge in [-0.3, -0.25) is 4.79 Å². The van der Waals surface area contributed by atoms with Crippen LogP contribution in [0.5, 0.6) is 0 Å². The molecule has 2 aromatic carbocycles. The first kappa shape index (κ1) is 19.8. The van der Waals surface area contributed by atoms with Gasteiger partial charge >= 0.3 is 0 Å². The number of piperazine rings is 1. The van der Waals surface area contributed by atoms with Crippen LogP contribution in [0.4, 0.5) is 14.5 Å². The van der Waals surface area contributed by atoms with Crippen LogP contribution >= 0.6 is 0 Å². The molecule has 0 aromatic heterocycles. The van der Waals surface area contributed by atoms with Crippen molar-refractivity contribution in [2.45, 2.75) is 4.90 Å². The highest BCUT2D eigenvalue weighted by molar-refractivity contribution is 7.90. The average Bonchev–Trinajstić information content (AvgIpc) is 2.69. The summed E-state index contributed by atoms with van der Waals surface area (Å²) in [6, 6.07) is 10.1. The molecule has 0 aliphatic carbocycles. The van der Waals surface area contributed by atoms with E-state index in [9.17, 15) is 22.0 Å². The number of hydrogen-bond acceptors (Lipinski definition) is 5. The maximum absolute atomic E-state index is 14.2. The number of rotatable bonds is 3. The zero-order valence-electron chi connectivity index (χ0n) is 15.0. The van der Waals surface area contributed by atoms with Gasteiger partial charge in [-0.25, -0.2) is 17.2 Å². The van der Waals surface area contributed by atoms with Gasteiger partial charge in [0.05, 0.1) is 21.7 Å². The molecular formula is C19H17F2N3O3S. The summed E-state index contributed by atoms with van der Waals surface area (Å²) in [7, 11) is -3.56. The summed E-state index contributed by atoms with van der Waals surface area (Å²) < 4.78 is 51.9. The summed E-state index contributed by atoms with van der Waals surface area (Å²) in [4.78, 5) is 15.8. The number of halogens is 2. The van der Waals surface area contributed by atoms with Gasteiger partial charge in [0.15, 0.2) is 21.5 Å². The van der Waals surface area contributed by atoms with Crippen LogP contribution in [-0.2, 0) is 9.84 Å². The van der Waals surface area contributed by atoms with E-state index in [-0.39, 0.29) is 47.9 Å². The third-order valence-electron chi connectivity index (χ3n) is 4.61. The molecule has 1 aliphatic heterocycles. The van der Waals surface area contributed by atoms with E-state index >= 15 is 0 Å². The maximum atomic E-state index is 14.2. The average molecular weight is 405 g/mol. The fourth-order valence-corrected chi connectivity index (χ4v) is 4.04. The van der Waals surface area contributed by atoms with Crippen molar-refractivity contribution in [2.75, 3.05) is 37.3 Å². The largest absolute Gasteiger partial charge is 0.366 e. The smallest absolute Gasteiger partial charge is 0.255 e. The van der Waals surface area contributed by atoms with E-state index in [1.165, 1.54) is 29.2 Å². The van der Waals surface area contributed by atoms with Crippen LogP contribution in [0.15, 0.2) is 41.3 Å². The van der Waals surface area contributed by atoms with Crippen LogP contribution in [0.2, 0.25) is 0 Å². The van der Waals surface area contributed by atoms with Crippen molar-refractivity contribution >= 4 is 21.4 Å². The van der Waals surface area contributed by atoms with E-state index in [2.05, 4.69) is 0 Å². The molecule has 6 nitrogen and oxygen atoms in total. The molecular weight excluding hydrogens is 388 g/mol. The Kier molecular flexibility index (Phi) is 5.34. The van der Waals surface area contributed by atoms with Crippen LogP contribution < -0.4 is 4.90 Å². The molecule has 1 heterocycles. The predicted octanol–water partition coefficient (Wildman–Crippen LogP) is 2.20. The van der Waals surface area contributed by atoms with Crippen molar-refractivity contribution in [3.8, 4) is 6.07 Å². The number of hydrogen-bond donors (Lipinski definition) is 0. The highest BCUT2D eigenvalue weighted by Gasteiger charge is 2.27. The fourth-order valence-electron chi connectivity index (χ4n) is 3.16. The van der Waals surface area contributed by atoms with E-state index in [1.807, 2.05) is 0 Å². The number of amides is 1. The SMILES string of the molecule is CS(=O)(=O)c1ccccc1C(=O)N1CCN(c2ccc(C#N)c(F)c2F)CC1. The van der Waals surface area contributed by atoms with Gasteiger partial charge in [-0.2, -0.15) is 5.26 Å². The van der Waals surface area contributed by atoms with E-state index in [0.717, 1.165) is 6.26 Å². The van der Waals surface area contributed by atoms with E-state index in [1.54, 1.807) is 23.1 Å². The first-order chi connectivity index (χ1) is 13.2. The number of benzene rings is 2. The summed E-state index contributed by atoms with van der Waals surface area (Å²) in [6.07, 6.45) is 1.04. The summed E-state index contributed by atoms with van der Waals surface area (Å²) in [5.74, 6) is -2.71. The minimum atomic E-state index is -3.56. The van der Waals surface area contributed by atoms with Gasteiger partial charge < -0.3 is 9.80 Å². The molecule has 1 saturated heterocycles. The van der Waals surface area contributed by atoms with Crippen LogP contribution in [0, 0.1) is 23.0 Å². The second-order valence-corrected chi connectivity index (χ2v) is 8.40. The Morgan fingerprint density at radius 2 is 1.68 bits per heavy atom. The fraction of sp³-hybridized carbons (Fsp3) is 0.263. The van der Waals surface area contributed by atoms with E-state index in [4.69, 9.17) is 5.26 Å². The lowest BCUT2D eigenvalue weighted by Gasteiger charge is -2.36.